The SMILES string of the molecule is CCCOCCNCCN(C)C(C)C. The highest BCUT2D eigenvalue weighted by Gasteiger charge is 2.00. The van der Waals surface area contributed by atoms with E-state index >= 15 is 0 Å². The van der Waals surface area contributed by atoms with Crippen LogP contribution in [0.15, 0.2) is 0 Å². The van der Waals surface area contributed by atoms with Gasteiger partial charge in [0.05, 0.1) is 6.61 Å². The number of nitrogens with zero attached hydrogens (tertiary/aromatic N) is 1. The lowest BCUT2D eigenvalue weighted by atomic mass is 10.3. The molecule has 3 nitrogen and oxygen atoms in total. The lowest BCUT2D eigenvalue weighted by molar-refractivity contribution is 0.135. The monoisotopic (exact) mass is 202 g/mol. The largest absolute Gasteiger partial charge is 0.380 e. The molecule has 1 N–H and O–H groups in total. The lowest BCUT2D eigenvalue weighted by Crippen LogP contribution is -2.34. The zero-order valence-corrected chi connectivity index (χ0v) is 10.2. The molecule has 0 radical (unpaired) electrons. The normalized spacial score (nSPS) is 11.6. The third kappa shape index (κ3) is 8.48. The Morgan fingerprint density at radius 2 is 1.93 bits per heavy atom. The molecule has 0 amide bonds. The summed E-state index contributed by atoms with van der Waals surface area (Å²) < 4.78 is 5.36. The number of hydrogen-bond acceptors (Lipinski definition) is 3. The van der Waals surface area contributed by atoms with Crippen LogP contribution in [0.1, 0.15) is 27.2 Å². The maximum Gasteiger partial charge on any atom is 0.0590 e. The molecule has 0 rings (SSSR count). The Hall–Kier alpha value is -0.120. The van der Waals surface area contributed by atoms with Crippen molar-refractivity contribution >= 4 is 0 Å². The molecule has 0 atom stereocenters. The van der Waals surface area contributed by atoms with Crippen LogP contribution in [0.4, 0.5) is 0 Å². The van der Waals surface area contributed by atoms with Gasteiger partial charge in [-0.1, -0.05) is 6.92 Å². The standard InChI is InChI=1S/C11H26N2O/c1-5-9-14-10-7-12-6-8-13(4)11(2)3/h11-12H,5-10H2,1-4H3. The average Bonchev–Trinajstić information content (AvgIpc) is 2.16. The van der Waals surface area contributed by atoms with E-state index in [1.54, 1.807) is 0 Å². The van der Waals surface area contributed by atoms with Crippen LogP contribution in [-0.4, -0.2) is 50.8 Å². The van der Waals surface area contributed by atoms with Crippen molar-refractivity contribution in [2.24, 2.45) is 0 Å². The fourth-order valence-electron chi connectivity index (χ4n) is 1.03. The van der Waals surface area contributed by atoms with Gasteiger partial charge in [-0.2, -0.15) is 0 Å². The quantitative estimate of drug-likeness (QED) is 0.571. The van der Waals surface area contributed by atoms with E-state index in [0.717, 1.165) is 39.3 Å². The van der Waals surface area contributed by atoms with Gasteiger partial charge in [0.15, 0.2) is 0 Å². The molecule has 0 aromatic carbocycles. The van der Waals surface area contributed by atoms with E-state index in [9.17, 15) is 0 Å². The van der Waals surface area contributed by atoms with Crippen LogP contribution in [0.5, 0.6) is 0 Å². The van der Waals surface area contributed by atoms with Gasteiger partial charge in [-0.15, -0.1) is 0 Å². The smallest absolute Gasteiger partial charge is 0.0590 e. The summed E-state index contributed by atoms with van der Waals surface area (Å²) in [5.41, 5.74) is 0. The van der Waals surface area contributed by atoms with Gasteiger partial charge in [0.25, 0.3) is 0 Å². The zero-order valence-electron chi connectivity index (χ0n) is 10.2. The minimum absolute atomic E-state index is 0.633. The lowest BCUT2D eigenvalue weighted by Gasteiger charge is -2.20. The molecule has 0 aliphatic heterocycles. The van der Waals surface area contributed by atoms with E-state index in [-0.39, 0.29) is 0 Å². The molecule has 0 spiro atoms. The van der Waals surface area contributed by atoms with Crippen LogP contribution in [0.25, 0.3) is 0 Å². The van der Waals surface area contributed by atoms with Gasteiger partial charge in [-0.25, -0.2) is 0 Å². The first-order chi connectivity index (χ1) is 6.68. The van der Waals surface area contributed by atoms with E-state index in [2.05, 4.69) is 38.0 Å². The van der Waals surface area contributed by atoms with Gasteiger partial charge in [0.1, 0.15) is 0 Å². The molecule has 0 aromatic heterocycles. The highest BCUT2D eigenvalue weighted by atomic mass is 16.5. The molecular formula is C11H26N2O. The molecule has 0 bridgehead atoms. The van der Waals surface area contributed by atoms with E-state index in [1.807, 2.05) is 0 Å². The van der Waals surface area contributed by atoms with Crippen LogP contribution in [0, 0.1) is 0 Å². The van der Waals surface area contributed by atoms with Gasteiger partial charge in [-0.05, 0) is 27.3 Å². The summed E-state index contributed by atoms with van der Waals surface area (Å²) in [6.45, 7) is 11.4. The molecule has 3 heteroatoms. The first-order valence-electron chi connectivity index (χ1n) is 5.67. The molecule has 0 saturated carbocycles. The van der Waals surface area contributed by atoms with Crippen LogP contribution >= 0.6 is 0 Å². The fraction of sp³-hybridized carbons (Fsp3) is 1.00. The Kier molecular flexibility index (Phi) is 9.35. The second kappa shape index (κ2) is 9.44. The predicted molar refractivity (Wildman–Crippen MR) is 61.7 cm³/mol. The topological polar surface area (TPSA) is 24.5 Å². The van der Waals surface area contributed by atoms with Crippen molar-refractivity contribution in [1.82, 2.24) is 10.2 Å². The van der Waals surface area contributed by atoms with Crippen LogP contribution in [-0.2, 0) is 4.74 Å². The molecular weight excluding hydrogens is 176 g/mol. The molecule has 0 saturated heterocycles. The van der Waals surface area contributed by atoms with E-state index in [0.29, 0.717) is 6.04 Å². The molecule has 0 fully saturated rings. The van der Waals surface area contributed by atoms with Gasteiger partial charge < -0.3 is 15.0 Å². The summed E-state index contributed by atoms with van der Waals surface area (Å²) in [6, 6.07) is 0.633. The second-order valence-corrected chi connectivity index (χ2v) is 3.94. The first-order valence-corrected chi connectivity index (χ1v) is 5.67. The molecule has 0 heterocycles. The van der Waals surface area contributed by atoms with Crippen molar-refractivity contribution in [3.05, 3.63) is 0 Å². The van der Waals surface area contributed by atoms with E-state index in [1.165, 1.54) is 0 Å². The maximum atomic E-state index is 5.36. The molecule has 0 aromatic rings. The van der Waals surface area contributed by atoms with Gasteiger partial charge in [0.2, 0.25) is 0 Å². The average molecular weight is 202 g/mol. The molecule has 0 unspecified atom stereocenters. The minimum Gasteiger partial charge on any atom is -0.380 e. The van der Waals surface area contributed by atoms with Crippen molar-refractivity contribution in [1.29, 1.82) is 0 Å². The number of nitrogens with one attached hydrogen (secondary N) is 1. The van der Waals surface area contributed by atoms with Crippen molar-refractivity contribution in [3.63, 3.8) is 0 Å². The van der Waals surface area contributed by atoms with Crippen molar-refractivity contribution in [2.45, 2.75) is 33.2 Å². The number of likely N-dealkylation sites (N-methyl/N-ethyl adjacent to an activating group) is 1. The summed E-state index contributed by atoms with van der Waals surface area (Å²) >= 11 is 0. The predicted octanol–water partition coefficient (Wildman–Crippen LogP) is 1.34. The van der Waals surface area contributed by atoms with Gasteiger partial charge >= 0.3 is 0 Å². The van der Waals surface area contributed by atoms with Crippen molar-refractivity contribution in [3.8, 4) is 0 Å². The Labute approximate surface area is 88.8 Å². The van der Waals surface area contributed by atoms with Crippen molar-refractivity contribution in [2.75, 3.05) is 39.9 Å². The van der Waals surface area contributed by atoms with Crippen LogP contribution in [0.2, 0.25) is 0 Å². The highest BCUT2D eigenvalue weighted by Crippen LogP contribution is 1.90. The number of hydrogen-bond donors (Lipinski definition) is 1. The van der Waals surface area contributed by atoms with Gasteiger partial charge in [0, 0.05) is 32.3 Å². The zero-order chi connectivity index (χ0) is 10.8. The maximum absolute atomic E-state index is 5.36. The molecule has 86 valence electrons. The first kappa shape index (κ1) is 13.9. The van der Waals surface area contributed by atoms with E-state index < -0.39 is 0 Å². The Bertz CT molecular complexity index is 118. The second-order valence-electron chi connectivity index (χ2n) is 3.94. The Balaban J connectivity index is 3.06. The van der Waals surface area contributed by atoms with Crippen LogP contribution in [0.3, 0.4) is 0 Å². The minimum atomic E-state index is 0.633. The summed E-state index contributed by atoms with van der Waals surface area (Å²) in [6.07, 6.45) is 1.11. The summed E-state index contributed by atoms with van der Waals surface area (Å²) in [7, 11) is 2.15. The number of rotatable bonds is 9. The third-order valence-corrected chi connectivity index (χ3v) is 2.29. The van der Waals surface area contributed by atoms with Crippen LogP contribution < -0.4 is 5.32 Å². The molecule has 0 aliphatic rings. The summed E-state index contributed by atoms with van der Waals surface area (Å²) in [4.78, 5) is 2.33. The highest BCUT2D eigenvalue weighted by molar-refractivity contribution is 4.58. The Morgan fingerprint density at radius 1 is 1.21 bits per heavy atom. The van der Waals surface area contributed by atoms with E-state index in [4.69, 9.17) is 4.74 Å². The van der Waals surface area contributed by atoms with Gasteiger partial charge in [-0.3, -0.25) is 0 Å². The molecule has 14 heavy (non-hydrogen) atoms. The third-order valence-electron chi connectivity index (χ3n) is 2.29. The summed E-state index contributed by atoms with van der Waals surface area (Å²) in [5.74, 6) is 0. The number of ether oxygens (including phenoxy) is 1. The fourth-order valence-corrected chi connectivity index (χ4v) is 1.03. The van der Waals surface area contributed by atoms with Crippen molar-refractivity contribution < 1.29 is 4.74 Å². The molecule has 0 aliphatic carbocycles. The Morgan fingerprint density at radius 3 is 2.50 bits per heavy atom. The summed E-state index contributed by atoms with van der Waals surface area (Å²) in [5, 5.41) is 3.36.